The van der Waals surface area contributed by atoms with Crippen molar-refractivity contribution in [2.75, 3.05) is 6.54 Å². The maximum absolute atomic E-state index is 9.46. The second kappa shape index (κ2) is 4.53. The van der Waals surface area contributed by atoms with Gasteiger partial charge in [-0.05, 0) is 81.6 Å². The SMILES string of the molecule is CCNC(C)(C#N)CC1C2CC3CC(C2)CC1C3. The summed E-state index contributed by atoms with van der Waals surface area (Å²) in [5.41, 5.74) is -0.297. The third kappa shape index (κ3) is 2.07. The van der Waals surface area contributed by atoms with Crippen LogP contribution in [-0.4, -0.2) is 12.1 Å². The molecular formula is C16H26N2. The molecule has 0 amide bonds. The maximum atomic E-state index is 9.46. The largest absolute Gasteiger partial charge is 0.300 e. The molecule has 0 aromatic heterocycles. The second-order valence-corrected chi connectivity index (χ2v) is 7.27. The van der Waals surface area contributed by atoms with Crippen LogP contribution in [0.5, 0.6) is 0 Å². The third-order valence-corrected chi connectivity index (χ3v) is 5.88. The molecule has 4 bridgehead atoms. The van der Waals surface area contributed by atoms with Gasteiger partial charge in [0.2, 0.25) is 0 Å². The normalized spacial score (nSPS) is 44.6. The summed E-state index contributed by atoms with van der Waals surface area (Å²) in [6.07, 6.45) is 8.45. The summed E-state index contributed by atoms with van der Waals surface area (Å²) in [5, 5.41) is 12.9. The molecule has 0 heterocycles. The molecule has 18 heavy (non-hydrogen) atoms. The Hall–Kier alpha value is -0.550. The first-order valence-electron chi connectivity index (χ1n) is 7.80. The summed E-state index contributed by atoms with van der Waals surface area (Å²) < 4.78 is 0. The highest BCUT2D eigenvalue weighted by atomic mass is 15.0. The highest BCUT2D eigenvalue weighted by Crippen LogP contribution is 2.58. The predicted molar refractivity (Wildman–Crippen MR) is 72.8 cm³/mol. The van der Waals surface area contributed by atoms with Crippen LogP contribution in [0.25, 0.3) is 0 Å². The summed E-state index contributed by atoms with van der Waals surface area (Å²) in [4.78, 5) is 0. The third-order valence-electron chi connectivity index (χ3n) is 5.88. The van der Waals surface area contributed by atoms with E-state index in [2.05, 4.69) is 25.2 Å². The van der Waals surface area contributed by atoms with E-state index in [1.807, 2.05) is 0 Å². The van der Waals surface area contributed by atoms with Crippen molar-refractivity contribution in [3.05, 3.63) is 0 Å². The molecule has 4 saturated carbocycles. The Labute approximate surface area is 111 Å². The quantitative estimate of drug-likeness (QED) is 0.826. The maximum Gasteiger partial charge on any atom is 0.104 e. The number of hydrogen-bond acceptors (Lipinski definition) is 2. The average Bonchev–Trinajstić information content (AvgIpc) is 2.33. The van der Waals surface area contributed by atoms with E-state index in [1.54, 1.807) is 0 Å². The van der Waals surface area contributed by atoms with Crippen LogP contribution in [0, 0.1) is 40.9 Å². The van der Waals surface area contributed by atoms with Gasteiger partial charge in [-0.1, -0.05) is 6.92 Å². The first-order chi connectivity index (χ1) is 8.63. The van der Waals surface area contributed by atoms with Gasteiger partial charge in [-0.2, -0.15) is 5.26 Å². The Morgan fingerprint density at radius 3 is 2.11 bits per heavy atom. The number of nitriles is 1. The standard InChI is InChI=1S/C16H26N2/c1-3-18-16(2,10-17)9-15-13-5-11-4-12(7-13)8-14(15)6-11/h11-15,18H,3-9H2,1-2H3. The van der Waals surface area contributed by atoms with Gasteiger partial charge in [-0.3, -0.25) is 5.32 Å². The molecule has 0 aliphatic heterocycles. The van der Waals surface area contributed by atoms with E-state index in [0.717, 1.165) is 42.6 Å². The molecule has 2 nitrogen and oxygen atoms in total. The minimum Gasteiger partial charge on any atom is -0.300 e. The summed E-state index contributed by atoms with van der Waals surface area (Å²) in [5.74, 6) is 4.77. The summed E-state index contributed by atoms with van der Waals surface area (Å²) in [6.45, 7) is 5.10. The van der Waals surface area contributed by atoms with E-state index in [4.69, 9.17) is 0 Å². The van der Waals surface area contributed by atoms with Gasteiger partial charge >= 0.3 is 0 Å². The summed E-state index contributed by atoms with van der Waals surface area (Å²) in [6, 6.07) is 2.53. The van der Waals surface area contributed by atoms with Gasteiger partial charge in [0.05, 0.1) is 6.07 Å². The molecule has 1 N–H and O–H groups in total. The lowest BCUT2D eigenvalue weighted by molar-refractivity contribution is -0.0458. The van der Waals surface area contributed by atoms with Gasteiger partial charge in [0, 0.05) is 0 Å². The Kier molecular flexibility index (Phi) is 3.14. The number of nitrogens with one attached hydrogen (secondary N) is 1. The summed E-state index contributed by atoms with van der Waals surface area (Å²) in [7, 11) is 0. The molecule has 1 atom stereocenters. The van der Waals surface area contributed by atoms with Crippen LogP contribution in [0.3, 0.4) is 0 Å². The summed E-state index contributed by atoms with van der Waals surface area (Å²) >= 11 is 0. The van der Waals surface area contributed by atoms with Crippen molar-refractivity contribution < 1.29 is 0 Å². The topological polar surface area (TPSA) is 35.8 Å². The first-order valence-corrected chi connectivity index (χ1v) is 7.80. The average molecular weight is 246 g/mol. The van der Waals surface area contributed by atoms with Crippen molar-refractivity contribution in [2.24, 2.45) is 29.6 Å². The Morgan fingerprint density at radius 2 is 1.67 bits per heavy atom. The van der Waals surface area contributed by atoms with Crippen molar-refractivity contribution in [2.45, 2.75) is 57.9 Å². The highest BCUT2D eigenvalue weighted by molar-refractivity contribution is 5.08. The van der Waals surface area contributed by atoms with Crippen LogP contribution < -0.4 is 5.32 Å². The predicted octanol–water partition coefficient (Wildman–Crippen LogP) is 3.34. The fraction of sp³-hybridized carbons (Fsp3) is 0.938. The van der Waals surface area contributed by atoms with Crippen molar-refractivity contribution in [3.63, 3.8) is 0 Å². The van der Waals surface area contributed by atoms with Gasteiger partial charge in [-0.25, -0.2) is 0 Å². The molecule has 0 aromatic rings. The van der Waals surface area contributed by atoms with Crippen LogP contribution in [0.15, 0.2) is 0 Å². The van der Waals surface area contributed by atoms with Crippen LogP contribution in [0.2, 0.25) is 0 Å². The first kappa shape index (κ1) is 12.5. The molecular weight excluding hydrogens is 220 g/mol. The molecule has 4 fully saturated rings. The van der Waals surface area contributed by atoms with Crippen molar-refractivity contribution in [3.8, 4) is 6.07 Å². The van der Waals surface area contributed by atoms with Crippen LogP contribution in [-0.2, 0) is 0 Å². The van der Waals surface area contributed by atoms with Gasteiger partial charge in [0.25, 0.3) is 0 Å². The smallest absolute Gasteiger partial charge is 0.104 e. The minimum atomic E-state index is -0.297. The zero-order valence-corrected chi connectivity index (χ0v) is 11.8. The Bertz CT molecular complexity index is 329. The van der Waals surface area contributed by atoms with Crippen LogP contribution >= 0.6 is 0 Å². The lowest BCUT2D eigenvalue weighted by Gasteiger charge is -2.55. The number of hydrogen-bond donors (Lipinski definition) is 1. The molecule has 2 heteroatoms. The Balaban J connectivity index is 1.72. The lowest BCUT2D eigenvalue weighted by atomic mass is 9.50. The van der Waals surface area contributed by atoms with E-state index < -0.39 is 0 Å². The van der Waals surface area contributed by atoms with Gasteiger partial charge in [-0.15, -0.1) is 0 Å². The highest BCUT2D eigenvalue weighted by Gasteiger charge is 2.49. The van der Waals surface area contributed by atoms with E-state index in [1.165, 1.54) is 32.1 Å². The molecule has 100 valence electrons. The lowest BCUT2D eigenvalue weighted by Crippen LogP contribution is -2.50. The van der Waals surface area contributed by atoms with Crippen molar-refractivity contribution in [1.29, 1.82) is 5.26 Å². The fourth-order valence-electron chi connectivity index (χ4n) is 5.39. The number of nitrogens with zero attached hydrogens (tertiary/aromatic N) is 1. The second-order valence-electron chi connectivity index (χ2n) is 7.27. The monoisotopic (exact) mass is 246 g/mol. The molecule has 0 spiro atoms. The number of rotatable bonds is 4. The van der Waals surface area contributed by atoms with Gasteiger partial charge in [0.15, 0.2) is 0 Å². The van der Waals surface area contributed by atoms with E-state index >= 15 is 0 Å². The van der Waals surface area contributed by atoms with E-state index in [-0.39, 0.29) is 5.54 Å². The van der Waals surface area contributed by atoms with E-state index in [0.29, 0.717) is 0 Å². The fourth-order valence-corrected chi connectivity index (χ4v) is 5.39. The zero-order valence-electron chi connectivity index (χ0n) is 11.8. The molecule has 0 aromatic carbocycles. The van der Waals surface area contributed by atoms with E-state index in [9.17, 15) is 5.26 Å². The molecule has 4 aliphatic rings. The molecule has 0 saturated heterocycles. The van der Waals surface area contributed by atoms with Crippen molar-refractivity contribution in [1.82, 2.24) is 5.32 Å². The minimum absolute atomic E-state index is 0.297. The molecule has 4 aliphatic carbocycles. The molecule has 0 radical (unpaired) electrons. The van der Waals surface area contributed by atoms with Gasteiger partial charge < -0.3 is 0 Å². The molecule has 4 rings (SSSR count). The van der Waals surface area contributed by atoms with Gasteiger partial charge in [0.1, 0.15) is 5.54 Å². The Morgan fingerprint density at radius 1 is 1.11 bits per heavy atom. The van der Waals surface area contributed by atoms with Crippen molar-refractivity contribution >= 4 is 0 Å². The zero-order chi connectivity index (χ0) is 12.8. The van der Waals surface area contributed by atoms with Crippen LogP contribution in [0.1, 0.15) is 52.4 Å². The van der Waals surface area contributed by atoms with Crippen LogP contribution in [0.4, 0.5) is 0 Å². The molecule has 1 unspecified atom stereocenters.